The molecule has 3 rings (SSSR count). The molecule has 4 nitrogen and oxygen atoms in total. The van der Waals surface area contributed by atoms with Gasteiger partial charge < -0.3 is 14.2 Å². The summed E-state index contributed by atoms with van der Waals surface area (Å²) in [6.45, 7) is 2.66. The topological polar surface area (TPSA) is 30.9 Å². The van der Waals surface area contributed by atoms with Crippen molar-refractivity contribution in [1.29, 1.82) is 0 Å². The van der Waals surface area contributed by atoms with E-state index in [4.69, 9.17) is 14.2 Å². The first kappa shape index (κ1) is 16.7. The Kier molecular flexibility index (Phi) is 5.33. The molecule has 24 heavy (non-hydrogen) atoms. The van der Waals surface area contributed by atoms with Crippen molar-refractivity contribution in [2.45, 2.75) is 12.6 Å². The summed E-state index contributed by atoms with van der Waals surface area (Å²) in [5, 5.41) is 0. The smallest absolute Gasteiger partial charge is 0.163 e. The van der Waals surface area contributed by atoms with Crippen molar-refractivity contribution in [3.63, 3.8) is 0 Å². The van der Waals surface area contributed by atoms with Crippen LogP contribution in [0.4, 0.5) is 4.39 Å². The highest BCUT2D eigenvalue weighted by molar-refractivity contribution is 5.43. The summed E-state index contributed by atoms with van der Waals surface area (Å²) >= 11 is 0. The predicted molar refractivity (Wildman–Crippen MR) is 89.9 cm³/mol. The summed E-state index contributed by atoms with van der Waals surface area (Å²) in [4.78, 5) is 2.20. The minimum atomic E-state index is -0.282. The highest BCUT2D eigenvalue weighted by Crippen LogP contribution is 2.31. The SMILES string of the molecule is COc1cc(F)c(CN2CCO[C@@H](c3ccccc3)C2)cc1OC. The van der Waals surface area contributed by atoms with Gasteiger partial charge in [-0.1, -0.05) is 30.3 Å². The second-order valence-corrected chi connectivity index (χ2v) is 5.80. The van der Waals surface area contributed by atoms with Crippen molar-refractivity contribution in [3.8, 4) is 11.5 Å². The van der Waals surface area contributed by atoms with Crippen molar-refractivity contribution in [2.24, 2.45) is 0 Å². The number of halogens is 1. The van der Waals surface area contributed by atoms with Gasteiger partial charge in [0.2, 0.25) is 0 Å². The average Bonchev–Trinajstić information content (AvgIpc) is 2.64. The fraction of sp³-hybridized carbons (Fsp3) is 0.368. The Morgan fingerprint density at radius 3 is 2.54 bits per heavy atom. The molecule has 0 aromatic heterocycles. The van der Waals surface area contributed by atoms with Crippen molar-refractivity contribution in [1.82, 2.24) is 4.90 Å². The number of benzene rings is 2. The molecule has 0 bridgehead atoms. The highest BCUT2D eigenvalue weighted by Gasteiger charge is 2.23. The summed E-state index contributed by atoms with van der Waals surface area (Å²) in [6, 6.07) is 13.2. The summed E-state index contributed by atoms with van der Waals surface area (Å²) in [6.07, 6.45) is 0.0168. The summed E-state index contributed by atoms with van der Waals surface area (Å²) in [5.41, 5.74) is 1.75. The van der Waals surface area contributed by atoms with Gasteiger partial charge in [0.15, 0.2) is 11.5 Å². The molecule has 128 valence electrons. The van der Waals surface area contributed by atoms with Gasteiger partial charge in [0.1, 0.15) is 5.82 Å². The second kappa shape index (κ2) is 7.64. The monoisotopic (exact) mass is 331 g/mol. The third-order valence-electron chi connectivity index (χ3n) is 4.27. The minimum Gasteiger partial charge on any atom is -0.493 e. The minimum absolute atomic E-state index is 0.0168. The Morgan fingerprint density at radius 1 is 1.12 bits per heavy atom. The van der Waals surface area contributed by atoms with E-state index in [1.807, 2.05) is 18.2 Å². The van der Waals surface area contributed by atoms with Crippen molar-refractivity contribution in [2.75, 3.05) is 33.9 Å². The largest absolute Gasteiger partial charge is 0.493 e. The molecular formula is C19H22FNO3. The average molecular weight is 331 g/mol. The molecule has 0 N–H and O–H groups in total. The van der Waals surface area contributed by atoms with E-state index in [-0.39, 0.29) is 11.9 Å². The van der Waals surface area contributed by atoms with Crippen LogP contribution in [0.5, 0.6) is 11.5 Å². The molecule has 1 aliphatic heterocycles. The number of nitrogens with zero attached hydrogens (tertiary/aromatic N) is 1. The molecule has 0 saturated carbocycles. The van der Waals surface area contributed by atoms with Crippen molar-refractivity contribution in [3.05, 3.63) is 59.4 Å². The van der Waals surface area contributed by atoms with E-state index in [9.17, 15) is 4.39 Å². The van der Waals surface area contributed by atoms with Gasteiger partial charge in [0.05, 0.1) is 26.9 Å². The van der Waals surface area contributed by atoms with Crippen LogP contribution >= 0.6 is 0 Å². The number of methoxy groups -OCH3 is 2. The van der Waals surface area contributed by atoms with Gasteiger partial charge in [-0.15, -0.1) is 0 Å². The van der Waals surface area contributed by atoms with Crippen molar-refractivity contribution >= 4 is 0 Å². The lowest BCUT2D eigenvalue weighted by Crippen LogP contribution is -2.38. The maximum atomic E-state index is 14.3. The van der Waals surface area contributed by atoms with E-state index < -0.39 is 0 Å². The fourth-order valence-corrected chi connectivity index (χ4v) is 2.97. The molecule has 1 saturated heterocycles. The molecule has 1 fully saturated rings. The van der Waals surface area contributed by atoms with E-state index in [1.54, 1.807) is 13.2 Å². The van der Waals surface area contributed by atoms with Crippen LogP contribution in [0.3, 0.4) is 0 Å². The van der Waals surface area contributed by atoms with Crippen molar-refractivity contribution < 1.29 is 18.6 Å². The Bertz CT molecular complexity index is 678. The van der Waals surface area contributed by atoms with E-state index in [2.05, 4.69) is 17.0 Å². The normalized spacial score (nSPS) is 18.4. The number of rotatable bonds is 5. The van der Waals surface area contributed by atoms with Gasteiger partial charge in [-0.05, 0) is 11.6 Å². The lowest BCUT2D eigenvalue weighted by atomic mass is 10.1. The maximum absolute atomic E-state index is 14.3. The quantitative estimate of drug-likeness (QED) is 0.840. The van der Waals surface area contributed by atoms with Crippen LogP contribution in [0.1, 0.15) is 17.2 Å². The molecular weight excluding hydrogens is 309 g/mol. The first-order chi connectivity index (χ1) is 11.7. The standard InChI is InChI=1S/C19H22FNO3/c1-22-17-10-15(16(20)11-18(17)23-2)12-21-8-9-24-19(13-21)14-6-4-3-5-7-14/h3-7,10-11,19H,8-9,12-13H2,1-2H3/t19-/m1/s1. The molecule has 5 heteroatoms. The number of hydrogen-bond acceptors (Lipinski definition) is 4. The molecule has 1 aliphatic rings. The van der Waals surface area contributed by atoms with Crippen LogP contribution in [0.15, 0.2) is 42.5 Å². The van der Waals surface area contributed by atoms with E-state index in [1.165, 1.54) is 13.2 Å². The Labute approximate surface area is 141 Å². The Hall–Kier alpha value is -2.11. The summed E-state index contributed by atoms with van der Waals surface area (Å²) < 4.78 is 30.6. The van der Waals surface area contributed by atoms with Crippen LogP contribution in [0, 0.1) is 5.82 Å². The van der Waals surface area contributed by atoms with E-state index >= 15 is 0 Å². The summed E-state index contributed by atoms with van der Waals surface area (Å²) in [5.74, 6) is 0.667. The van der Waals surface area contributed by atoms with Crippen LogP contribution in [-0.2, 0) is 11.3 Å². The van der Waals surface area contributed by atoms with Crippen LogP contribution in [0.25, 0.3) is 0 Å². The molecule has 2 aromatic rings. The Balaban J connectivity index is 1.74. The van der Waals surface area contributed by atoms with Gasteiger partial charge >= 0.3 is 0 Å². The number of morpholine rings is 1. The third-order valence-corrected chi connectivity index (χ3v) is 4.27. The first-order valence-electron chi connectivity index (χ1n) is 8.00. The lowest BCUT2D eigenvalue weighted by Gasteiger charge is -2.33. The van der Waals surface area contributed by atoms with Gasteiger partial charge in [0.25, 0.3) is 0 Å². The zero-order valence-corrected chi connectivity index (χ0v) is 14.0. The lowest BCUT2D eigenvalue weighted by molar-refractivity contribution is -0.0332. The van der Waals surface area contributed by atoms with Crippen LogP contribution in [0.2, 0.25) is 0 Å². The molecule has 0 aliphatic carbocycles. The van der Waals surface area contributed by atoms with Gasteiger partial charge in [-0.25, -0.2) is 4.39 Å². The van der Waals surface area contributed by atoms with E-state index in [0.717, 1.165) is 18.7 Å². The highest BCUT2D eigenvalue weighted by atomic mass is 19.1. The molecule has 2 aromatic carbocycles. The van der Waals surface area contributed by atoms with Gasteiger partial charge in [-0.3, -0.25) is 4.90 Å². The zero-order chi connectivity index (χ0) is 16.9. The fourth-order valence-electron chi connectivity index (χ4n) is 2.97. The van der Waals surface area contributed by atoms with Gasteiger partial charge in [-0.2, -0.15) is 0 Å². The molecule has 0 spiro atoms. The molecule has 1 heterocycles. The maximum Gasteiger partial charge on any atom is 0.163 e. The summed E-state index contributed by atoms with van der Waals surface area (Å²) in [7, 11) is 3.06. The molecule has 0 unspecified atom stereocenters. The van der Waals surface area contributed by atoms with Crippen LogP contribution < -0.4 is 9.47 Å². The number of ether oxygens (including phenoxy) is 3. The predicted octanol–water partition coefficient (Wildman–Crippen LogP) is 3.42. The second-order valence-electron chi connectivity index (χ2n) is 5.80. The number of hydrogen-bond donors (Lipinski definition) is 0. The zero-order valence-electron chi connectivity index (χ0n) is 14.0. The molecule has 0 amide bonds. The third kappa shape index (κ3) is 3.68. The van der Waals surface area contributed by atoms with Crippen LogP contribution in [-0.4, -0.2) is 38.8 Å². The van der Waals surface area contributed by atoms with Gasteiger partial charge in [0, 0.05) is 31.3 Å². The van der Waals surface area contributed by atoms with E-state index in [0.29, 0.717) is 30.2 Å². The molecule has 0 radical (unpaired) electrons. The Morgan fingerprint density at radius 2 is 1.83 bits per heavy atom. The first-order valence-corrected chi connectivity index (χ1v) is 8.00. The molecule has 1 atom stereocenters.